The fourth-order valence-corrected chi connectivity index (χ4v) is 2.06. The van der Waals surface area contributed by atoms with Crippen LogP contribution in [0.5, 0.6) is 5.75 Å². The van der Waals surface area contributed by atoms with E-state index in [0.29, 0.717) is 18.8 Å². The molecule has 0 heterocycles. The topological polar surface area (TPSA) is 99.6 Å². The number of benzene rings is 1. The molecule has 0 saturated carbocycles. The van der Waals surface area contributed by atoms with Crippen LogP contribution in [0.15, 0.2) is 24.3 Å². The molecule has 0 aliphatic heterocycles. The molecule has 0 spiro atoms. The maximum absolute atomic E-state index is 9.33. The monoisotopic (exact) mass is 295 g/mol. The van der Waals surface area contributed by atoms with Gasteiger partial charge >= 0.3 is 0 Å². The number of hydrogen-bond acceptors (Lipinski definition) is 6. The van der Waals surface area contributed by atoms with Crippen LogP contribution in [-0.2, 0) is 6.54 Å². The van der Waals surface area contributed by atoms with Crippen molar-refractivity contribution in [2.45, 2.75) is 6.54 Å². The van der Waals surface area contributed by atoms with Crippen molar-refractivity contribution in [1.82, 2.24) is 15.5 Å². The zero-order valence-corrected chi connectivity index (χ0v) is 12.7. The van der Waals surface area contributed by atoms with Gasteiger partial charge in [0.2, 0.25) is 0 Å². The maximum Gasteiger partial charge on any atom is 0.115 e. The zero-order valence-electron chi connectivity index (χ0n) is 12.7. The number of nitrogens with two attached hydrogens (primary N) is 2. The van der Waals surface area contributed by atoms with Gasteiger partial charge in [-0.3, -0.25) is 4.90 Å². The van der Waals surface area contributed by atoms with Crippen molar-refractivity contribution in [2.75, 3.05) is 52.4 Å². The van der Waals surface area contributed by atoms with Gasteiger partial charge in [0, 0.05) is 58.9 Å². The molecule has 6 nitrogen and oxygen atoms in total. The molecule has 1 rings (SSSR count). The highest BCUT2D eigenvalue weighted by Gasteiger charge is 2.05. The zero-order chi connectivity index (χ0) is 15.3. The third-order valence-corrected chi connectivity index (χ3v) is 3.19. The number of nitrogens with zero attached hydrogens (tertiary/aromatic N) is 1. The Labute approximate surface area is 127 Å². The van der Waals surface area contributed by atoms with E-state index in [1.807, 2.05) is 12.1 Å². The Morgan fingerprint density at radius 1 is 0.857 bits per heavy atom. The molecule has 0 aliphatic carbocycles. The van der Waals surface area contributed by atoms with Crippen molar-refractivity contribution >= 4 is 0 Å². The molecule has 0 fully saturated rings. The van der Waals surface area contributed by atoms with Crippen LogP contribution < -0.4 is 22.1 Å². The average molecular weight is 295 g/mol. The van der Waals surface area contributed by atoms with Crippen LogP contribution in [0.1, 0.15) is 5.56 Å². The molecular formula is C15H29N5O. The van der Waals surface area contributed by atoms with E-state index in [4.69, 9.17) is 11.5 Å². The highest BCUT2D eigenvalue weighted by molar-refractivity contribution is 5.25. The lowest BCUT2D eigenvalue weighted by atomic mass is 10.2. The minimum absolute atomic E-state index is 0.305. The van der Waals surface area contributed by atoms with E-state index in [2.05, 4.69) is 15.5 Å². The molecule has 6 heteroatoms. The van der Waals surface area contributed by atoms with Gasteiger partial charge in [0.1, 0.15) is 5.75 Å². The molecule has 21 heavy (non-hydrogen) atoms. The molecule has 0 aromatic heterocycles. The van der Waals surface area contributed by atoms with E-state index in [1.54, 1.807) is 12.1 Å². The first-order valence-corrected chi connectivity index (χ1v) is 7.58. The van der Waals surface area contributed by atoms with Crippen LogP contribution in [0, 0.1) is 0 Å². The smallest absolute Gasteiger partial charge is 0.115 e. The summed E-state index contributed by atoms with van der Waals surface area (Å²) in [7, 11) is 0. The van der Waals surface area contributed by atoms with Gasteiger partial charge in [0.25, 0.3) is 0 Å². The molecule has 0 bridgehead atoms. The summed E-state index contributed by atoms with van der Waals surface area (Å²) in [4.78, 5) is 2.37. The summed E-state index contributed by atoms with van der Waals surface area (Å²) in [5, 5.41) is 16.0. The van der Waals surface area contributed by atoms with Crippen LogP contribution in [0.2, 0.25) is 0 Å². The highest BCUT2D eigenvalue weighted by Crippen LogP contribution is 2.11. The molecule has 0 unspecified atom stereocenters. The van der Waals surface area contributed by atoms with Crippen molar-refractivity contribution in [3.05, 3.63) is 29.8 Å². The van der Waals surface area contributed by atoms with Gasteiger partial charge in [0.05, 0.1) is 0 Å². The number of nitrogens with one attached hydrogen (secondary N) is 2. The molecule has 0 amide bonds. The summed E-state index contributed by atoms with van der Waals surface area (Å²) >= 11 is 0. The Morgan fingerprint density at radius 2 is 1.38 bits per heavy atom. The SMILES string of the molecule is NCCNCCN(CCNCCN)Cc1ccc(O)cc1. The Bertz CT molecular complexity index is 346. The van der Waals surface area contributed by atoms with Crippen molar-refractivity contribution < 1.29 is 5.11 Å². The maximum atomic E-state index is 9.33. The van der Waals surface area contributed by atoms with Gasteiger partial charge in [-0.15, -0.1) is 0 Å². The Morgan fingerprint density at radius 3 is 1.86 bits per heavy atom. The van der Waals surface area contributed by atoms with Crippen molar-refractivity contribution in [3.8, 4) is 5.75 Å². The molecule has 1 aromatic rings. The van der Waals surface area contributed by atoms with Crippen LogP contribution in [0.4, 0.5) is 0 Å². The number of phenolic OH excluding ortho intramolecular Hbond substituents is 1. The first-order valence-electron chi connectivity index (χ1n) is 7.58. The number of phenols is 1. The van der Waals surface area contributed by atoms with Gasteiger partial charge < -0.3 is 27.2 Å². The normalized spacial score (nSPS) is 11.2. The number of hydrogen-bond donors (Lipinski definition) is 5. The fourth-order valence-electron chi connectivity index (χ4n) is 2.06. The van der Waals surface area contributed by atoms with Crippen LogP contribution in [0.25, 0.3) is 0 Å². The van der Waals surface area contributed by atoms with E-state index in [-0.39, 0.29) is 0 Å². The van der Waals surface area contributed by atoms with E-state index in [1.165, 1.54) is 5.56 Å². The largest absolute Gasteiger partial charge is 0.508 e. The average Bonchev–Trinajstić information content (AvgIpc) is 2.50. The summed E-state index contributed by atoms with van der Waals surface area (Å²) in [5.41, 5.74) is 12.1. The molecule has 120 valence electrons. The summed E-state index contributed by atoms with van der Waals surface area (Å²) < 4.78 is 0. The van der Waals surface area contributed by atoms with Gasteiger partial charge in [-0.1, -0.05) is 12.1 Å². The summed E-state index contributed by atoms with van der Waals surface area (Å²) in [6.07, 6.45) is 0. The van der Waals surface area contributed by atoms with Crippen molar-refractivity contribution in [3.63, 3.8) is 0 Å². The predicted octanol–water partition coefficient (Wildman–Crippen LogP) is -0.709. The molecule has 0 atom stereocenters. The minimum Gasteiger partial charge on any atom is -0.508 e. The molecule has 0 aliphatic rings. The van der Waals surface area contributed by atoms with E-state index >= 15 is 0 Å². The summed E-state index contributed by atoms with van der Waals surface area (Å²) in [5.74, 6) is 0.305. The van der Waals surface area contributed by atoms with Gasteiger partial charge in [-0.2, -0.15) is 0 Å². The lowest BCUT2D eigenvalue weighted by molar-refractivity contribution is 0.265. The minimum atomic E-state index is 0.305. The third kappa shape index (κ3) is 8.64. The second-order valence-corrected chi connectivity index (χ2v) is 5.02. The van der Waals surface area contributed by atoms with Crippen molar-refractivity contribution in [1.29, 1.82) is 0 Å². The van der Waals surface area contributed by atoms with E-state index in [0.717, 1.165) is 45.8 Å². The summed E-state index contributed by atoms with van der Waals surface area (Å²) in [6, 6.07) is 7.38. The molecule has 7 N–H and O–H groups in total. The Balaban J connectivity index is 2.39. The fraction of sp³-hybridized carbons (Fsp3) is 0.600. The highest BCUT2D eigenvalue weighted by atomic mass is 16.3. The lowest BCUT2D eigenvalue weighted by Crippen LogP contribution is -2.38. The van der Waals surface area contributed by atoms with Crippen molar-refractivity contribution in [2.24, 2.45) is 11.5 Å². The molecule has 0 radical (unpaired) electrons. The van der Waals surface area contributed by atoms with Gasteiger partial charge in [0.15, 0.2) is 0 Å². The van der Waals surface area contributed by atoms with Gasteiger partial charge in [-0.25, -0.2) is 0 Å². The number of rotatable bonds is 12. The first-order chi connectivity index (χ1) is 10.3. The lowest BCUT2D eigenvalue weighted by Gasteiger charge is -2.23. The second kappa shape index (κ2) is 11.5. The Kier molecular flexibility index (Phi) is 9.77. The summed E-state index contributed by atoms with van der Waals surface area (Å²) in [6.45, 7) is 7.66. The van der Waals surface area contributed by atoms with Crippen LogP contribution >= 0.6 is 0 Å². The predicted molar refractivity (Wildman–Crippen MR) is 87.2 cm³/mol. The first kappa shape index (κ1) is 17.9. The van der Waals surface area contributed by atoms with Crippen LogP contribution in [-0.4, -0.2) is 62.4 Å². The molecule has 1 aromatic carbocycles. The second-order valence-electron chi connectivity index (χ2n) is 5.02. The van der Waals surface area contributed by atoms with Gasteiger partial charge in [-0.05, 0) is 17.7 Å². The Hall–Kier alpha value is -1.18. The van der Waals surface area contributed by atoms with E-state index in [9.17, 15) is 5.11 Å². The van der Waals surface area contributed by atoms with Crippen LogP contribution in [0.3, 0.4) is 0 Å². The number of aromatic hydroxyl groups is 1. The quantitative estimate of drug-likeness (QED) is 0.327. The third-order valence-electron chi connectivity index (χ3n) is 3.19. The van der Waals surface area contributed by atoms with E-state index < -0.39 is 0 Å². The molecule has 0 saturated heterocycles. The molecular weight excluding hydrogens is 266 g/mol. The standard InChI is InChI=1S/C15H29N5O/c16-5-7-18-9-11-20(12-10-19-8-6-17)13-14-1-3-15(21)4-2-14/h1-4,18-19,21H,5-13,16-17H2.